The van der Waals surface area contributed by atoms with Gasteiger partial charge in [0.05, 0.1) is 0 Å². The number of anilines is 1. The minimum Gasteiger partial charge on any atom is -0.377 e. The van der Waals surface area contributed by atoms with Crippen LogP contribution in [0, 0.1) is 5.82 Å². The van der Waals surface area contributed by atoms with Crippen molar-refractivity contribution in [2.75, 3.05) is 19.0 Å². The maximum atomic E-state index is 13.1. The number of rotatable bonds is 4. The fraction of sp³-hybridized carbons (Fsp3) is 0.500. The van der Waals surface area contributed by atoms with Gasteiger partial charge in [-0.15, -0.1) is 0 Å². The highest BCUT2D eigenvalue weighted by Gasteiger charge is 2.06. The minimum absolute atomic E-state index is 0.156. The molecule has 1 aromatic rings. The lowest BCUT2D eigenvalue weighted by molar-refractivity contribution is 0.619. The Balaban J connectivity index is 2.87. The Labute approximate surface area is 90.9 Å². The summed E-state index contributed by atoms with van der Waals surface area (Å²) in [4.78, 5) is 2.00. The molecule has 0 amide bonds. The fourth-order valence-corrected chi connectivity index (χ4v) is 1.57. The van der Waals surface area contributed by atoms with Gasteiger partial charge < -0.3 is 10.6 Å². The zero-order valence-corrected chi connectivity index (χ0v) is 9.63. The van der Waals surface area contributed by atoms with E-state index in [1.165, 1.54) is 6.07 Å². The van der Waals surface area contributed by atoms with E-state index in [1.807, 2.05) is 32.0 Å². The topological polar surface area (TPSA) is 29.3 Å². The van der Waals surface area contributed by atoms with E-state index in [9.17, 15) is 4.39 Å². The van der Waals surface area contributed by atoms with E-state index in [0.29, 0.717) is 0 Å². The van der Waals surface area contributed by atoms with E-state index < -0.39 is 0 Å². The number of aryl methyl sites for hydroxylation is 1. The highest BCUT2D eigenvalue weighted by atomic mass is 19.1. The summed E-state index contributed by atoms with van der Waals surface area (Å²) in [6.45, 7) is 1.97. The number of hydrogen-bond donors (Lipinski definition) is 1. The third-order valence-corrected chi connectivity index (χ3v) is 2.39. The second kappa shape index (κ2) is 5.12. The first-order valence-electron chi connectivity index (χ1n) is 5.22. The van der Waals surface area contributed by atoms with Gasteiger partial charge in [0.15, 0.2) is 0 Å². The van der Waals surface area contributed by atoms with Crippen molar-refractivity contribution >= 4 is 5.69 Å². The maximum absolute atomic E-state index is 13.1. The van der Waals surface area contributed by atoms with Crippen LogP contribution >= 0.6 is 0 Å². The molecule has 0 aliphatic carbocycles. The smallest absolute Gasteiger partial charge is 0.123 e. The third kappa shape index (κ3) is 3.51. The second-order valence-corrected chi connectivity index (χ2v) is 4.18. The van der Waals surface area contributed by atoms with Gasteiger partial charge in [-0.2, -0.15) is 0 Å². The number of benzene rings is 1. The molecule has 0 radical (unpaired) electrons. The molecule has 1 rings (SSSR count). The van der Waals surface area contributed by atoms with E-state index in [0.717, 1.165) is 24.1 Å². The van der Waals surface area contributed by atoms with Gasteiger partial charge in [-0.25, -0.2) is 4.39 Å². The molecule has 2 N–H and O–H groups in total. The molecule has 1 atom stereocenters. The minimum atomic E-state index is -0.180. The highest BCUT2D eigenvalue weighted by molar-refractivity contribution is 5.52. The van der Waals surface area contributed by atoms with Gasteiger partial charge in [-0.3, -0.25) is 0 Å². The normalized spacial score (nSPS) is 12.6. The molecule has 0 spiro atoms. The molecule has 15 heavy (non-hydrogen) atoms. The summed E-state index contributed by atoms with van der Waals surface area (Å²) in [6.07, 6.45) is 1.70. The Hall–Kier alpha value is -1.09. The van der Waals surface area contributed by atoms with Crippen LogP contribution in [0.25, 0.3) is 0 Å². The van der Waals surface area contributed by atoms with Crippen LogP contribution in [0.5, 0.6) is 0 Å². The summed E-state index contributed by atoms with van der Waals surface area (Å²) in [7, 11) is 3.92. The third-order valence-electron chi connectivity index (χ3n) is 2.39. The molecular formula is C12H19FN2. The predicted molar refractivity (Wildman–Crippen MR) is 62.7 cm³/mol. The van der Waals surface area contributed by atoms with E-state index in [4.69, 9.17) is 5.73 Å². The summed E-state index contributed by atoms with van der Waals surface area (Å²) in [5, 5.41) is 0. The molecular weight excluding hydrogens is 191 g/mol. The zero-order valence-electron chi connectivity index (χ0n) is 9.63. The van der Waals surface area contributed by atoms with Crippen LogP contribution in [0.1, 0.15) is 18.9 Å². The van der Waals surface area contributed by atoms with Gasteiger partial charge in [0.2, 0.25) is 0 Å². The van der Waals surface area contributed by atoms with Crippen molar-refractivity contribution in [3.05, 3.63) is 29.6 Å². The Morgan fingerprint density at radius 1 is 1.40 bits per heavy atom. The first kappa shape index (κ1) is 12.0. The van der Waals surface area contributed by atoms with Crippen LogP contribution in [0.2, 0.25) is 0 Å². The largest absolute Gasteiger partial charge is 0.377 e. The lowest BCUT2D eigenvalue weighted by atomic mass is 10.0. The standard InChI is InChI=1S/C12H19FN2/c1-9(14)4-5-10-8-11(13)6-7-12(10)15(2)3/h6-9H,4-5,14H2,1-3H3/t9-/m0/s1. The van der Waals surface area contributed by atoms with E-state index in [2.05, 4.69) is 0 Å². The molecule has 0 aliphatic rings. The molecule has 84 valence electrons. The lowest BCUT2D eigenvalue weighted by Crippen LogP contribution is -2.17. The van der Waals surface area contributed by atoms with E-state index in [1.54, 1.807) is 6.07 Å². The summed E-state index contributed by atoms with van der Waals surface area (Å²) in [5.41, 5.74) is 7.79. The van der Waals surface area contributed by atoms with E-state index in [-0.39, 0.29) is 11.9 Å². The van der Waals surface area contributed by atoms with Crippen molar-refractivity contribution in [3.63, 3.8) is 0 Å². The number of halogens is 1. The van der Waals surface area contributed by atoms with Crippen LogP contribution < -0.4 is 10.6 Å². The van der Waals surface area contributed by atoms with Gasteiger partial charge in [-0.05, 0) is 43.5 Å². The zero-order chi connectivity index (χ0) is 11.4. The van der Waals surface area contributed by atoms with Gasteiger partial charge >= 0.3 is 0 Å². The van der Waals surface area contributed by atoms with Crippen LogP contribution in [0.15, 0.2) is 18.2 Å². The summed E-state index contributed by atoms with van der Waals surface area (Å²) in [6, 6.07) is 5.05. The molecule has 0 unspecified atom stereocenters. The molecule has 0 fully saturated rings. The summed E-state index contributed by atoms with van der Waals surface area (Å²) < 4.78 is 13.1. The van der Waals surface area contributed by atoms with Crippen LogP contribution in [0.4, 0.5) is 10.1 Å². The molecule has 0 aliphatic heterocycles. The van der Waals surface area contributed by atoms with Crippen molar-refractivity contribution in [2.24, 2.45) is 5.73 Å². The van der Waals surface area contributed by atoms with Gasteiger partial charge in [0.1, 0.15) is 5.82 Å². The lowest BCUT2D eigenvalue weighted by Gasteiger charge is -2.18. The Morgan fingerprint density at radius 3 is 2.60 bits per heavy atom. The molecule has 0 bridgehead atoms. The van der Waals surface area contributed by atoms with Crippen molar-refractivity contribution in [2.45, 2.75) is 25.8 Å². The van der Waals surface area contributed by atoms with Crippen molar-refractivity contribution < 1.29 is 4.39 Å². The molecule has 0 saturated carbocycles. The van der Waals surface area contributed by atoms with Crippen LogP contribution in [-0.4, -0.2) is 20.1 Å². The van der Waals surface area contributed by atoms with E-state index >= 15 is 0 Å². The summed E-state index contributed by atoms with van der Waals surface area (Å²) in [5.74, 6) is -0.180. The first-order chi connectivity index (χ1) is 7.00. The van der Waals surface area contributed by atoms with Crippen molar-refractivity contribution in [1.29, 1.82) is 0 Å². The molecule has 2 nitrogen and oxygen atoms in total. The first-order valence-corrected chi connectivity index (χ1v) is 5.22. The molecule has 3 heteroatoms. The summed E-state index contributed by atoms with van der Waals surface area (Å²) >= 11 is 0. The predicted octanol–water partition coefficient (Wildman–Crippen LogP) is 2.17. The highest BCUT2D eigenvalue weighted by Crippen LogP contribution is 2.21. The second-order valence-electron chi connectivity index (χ2n) is 4.18. The monoisotopic (exact) mass is 210 g/mol. The Bertz CT molecular complexity index is 321. The quantitative estimate of drug-likeness (QED) is 0.825. The van der Waals surface area contributed by atoms with Gasteiger partial charge in [-0.1, -0.05) is 0 Å². The number of nitrogens with two attached hydrogens (primary N) is 1. The Morgan fingerprint density at radius 2 is 2.07 bits per heavy atom. The van der Waals surface area contributed by atoms with Crippen molar-refractivity contribution in [1.82, 2.24) is 0 Å². The molecule has 0 saturated heterocycles. The molecule has 0 heterocycles. The van der Waals surface area contributed by atoms with Gasteiger partial charge in [0.25, 0.3) is 0 Å². The SMILES string of the molecule is C[C@H](N)CCc1cc(F)ccc1N(C)C. The van der Waals surface area contributed by atoms with Crippen molar-refractivity contribution in [3.8, 4) is 0 Å². The Kier molecular flexibility index (Phi) is 4.09. The maximum Gasteiger partial charge on any atom is 0.123 e. The number of hydrogen-bond acceptors (Lipinski definition) is 2. The average molecular weight is 210 g/mol. The van der Waals surface area contributed by atoms with Crippen LogP contribution in [0.3, 0.4) is 0 Å². The molecule has 0 aromatic heterocycles. The fourth-order valence-electron chi connectivity index (χ4n) is 1.57. The van der Waals surface area contributed by atoms with Gasteiger partial charge in [0, 0.05) is 25.8 Å². The average Bonchev–Trinajstić information content (AvgIpc) is 2.14. The molecule has 1 aromatic carbocycles. The van der Waals surface area contributed by atoms with Crippen LogP contribution in [-0.2, 0) is 6.42 Å². The number of nitrogens with zero attached hydrogens (tertiary/aromatic N) is 1.